The predicted octanol–water partition coefficient (Wildman–Crippen LogP) is -0.358. The SMILES string of the molecule is O=c1ccnc2cc[nH]n12.[Na]. The second-order valence-electron chi connectivity index (χ2n) is 1.94. The summed E-state index contributed by atoms with van der Waals surface area (Å²) in [6, 6.07) is 3.14. The molecule has 0 aromatic carbocycles. The van der Waals surface area contributed by atoms with Gasteiger partial charge in [-0.2, -0.15) is 0 Å². The van der Waals surface area contributed by atoms with Gasteiger partial charge in [0.05, 0.1) is 0 Å². The van der Waals surface area contributed by atoms with Crippen LogP contribution in [0.4, 0.5) is 0 Å². The van der Waals surface area contributed by atoms with Crippen LogP contribution < -0.4 is 5.56 Å². The van der Waals surface area contributed by atoms with Gasteiger partial charge in [-0.3, -0.25) is 9.89 Å². The number of nitrogens with one attached hydrogen (secondary N) is 1. The van der Waals surface area contributed by atoms with E-state index in [1.807, 2.05) is 0 Å². The first-order valence-corrected chi connectivity index (χ1v) is 2.89. The molecular weight excluding hydrogens is 153 g/mol. The molecular formula is C6H5N3NaO. The zero-order chi connectivity index (χ0) is 6.97. The molecule has 0 bridgehead atoms. The van der Waals surface area contributed by atoms with Gasteiger partial charge < -0.3 is 0 Å². The van der Waals surface area contributed by atoms with Gasteiger partial charge in [0.15, 0.2) is 5.65 Å². The van der Waals surface area contributed by atoms with Gasteiger partial charge in [0.25, 0.3) is 5.56 Å². The number of nitrogens with zero attached hydrogens (tertiary/aromatic N) is 2. The maximum absolute atomic E-state index is 10.9. The van der Waals surface area contributed by atoms with Crippen LogP contribution in [0.2, 0.25) is 0 Å². The van der Waals surface area contributed by atoms with Gasteiger partial charge in [0.2, 0.25) is 0 Å². The van der Waals surface area contributed by atoms with Gasteiger partial charge in [-0.1, -0.05) is 0 Å². The van der Waals surface area contributed by atoms with Crippen LogP contribution in [0.15, 0.2) is 29.3 Å². The molecule has 0 unspecified atom stereocenters. The van der Waals surface area contributed by atoms with E-state index in [1.165, 1.54) is 16.8 Å². The molecule has 0 aliphatic carbocycles. The summed E-state index contributed by atoms with van der Waals surface area (Å²) in [4.78, 5) is 14.9. The summed E-state index contributed by atoms with van der Waals surface area (Å²) in [6.07, 6.45) is 3.16. The van der Waals surface area contributed by atoms with Crippen molar-refractivity contribution >= 4 is 35.2 Å². The fourth-order valence-corrected chi connectivity index (χ4v) is 0.856. The molecule has 0 fully saturated rings. The third kappa shape index (κ3) is 1.38. The standard InChI is InChI=1S/C6H5N3O.Na/c10-6-2-3-7-5-1-4-8-9(5)6;/h1-4,8H;. The Balaban J connectivity index is 0.000000605. The summed E-state index contributed by atoms with van der Waals surface area (Å²) in [5, 5.41) is 2.73. The second kappa shape index (κ2) is 3.21. The Labute approximate surface area is 84.5 Å². The number of rotatable bonds is 0. The number of aromatic amines is 1. The van der Waals surface area contributed by atoms with Crippen LogP contribution in [-0.4, -0.2) is 44.2 Å². The molecule has 2 aromatic rings. The molecule has 0 amide bonds. The average molecular weight is 158 g/mol. The normalized spacial score (nSPS) is 9.45. The van der Waals surface area contributed by atoms with Gasteiger partial charge in [-0.25, -0.2) is 9.50 Å². The van der Waals surface area contributed by atoms with Crippen molar-refractivity contribution in [2.75, 3.05) is 0 Å². The van der Waals surface area contributed by atoms with E-state index in [1.54, 1.807) is 12.3 Å². The Kier molecular flexibility index (Phi) is 2.49. The molecule has 0 saturated carbocycles. The van der Waals surface area contributed by atoms with Crippen molar-refractivity contribution in [1.82, 2.24) is 14.6 Å². The molecule has 0 atom stereocenters. The summed E-state index contributed by atoms with van der Waals surface area (Å²) >= 11 is 0. The molecule has 1 radical (unpaired) electrons. The Bertz CT molecular complexity index is 405. The topological polar surface area (TPSA) is 50.2 Å². The Hall–Kier alpha value is -0.580. The number of H-pyrrole nitrogens is 1. The average Bonchev–Trinajstić information content (AvgIpc) is 2.36. The minimum Gasteiger partial charge on any atom is -0.297 e. The van der Waals surface area contributed by atoms with Crippen LogP contribution >= 0.6 is 0 Å². The van der Waals surface area contributed by atoms with E-state index in [0.29, 0.717) is 5.65 Å². The van der Waals surface area contributed by atoms with E-state index >= 15 is 0 Å². The van der Waals surface area contributed by atoms with Crippen molar-refractivity contribution in [3.05, 3.63) is 34.9 Å². The van der Waals surface area contributed by atoms with Crippen molar-refractivity contribution in [1.29, 1.82) is 0 Å². The monoisotopic (exact) mass is 158 g/mol. The van der Waals surface area contributed by atoms with E-state index in [2.05, 4.69) is 10.1 Å². The van der Waals surface area contributed by atoms with Crippen molar-refractivity contribution in [3.63, 3.8) is 0 Å². The van der Waals surface area contributed by atoms with E-state index in [0.717, 1.165) is 0 Å². The van der Waals surface area contributed by atoms with E-state index in [9.17, 15) is 4.79 Å². The molecule has 0 spiro atoms. The largest absolute Gasteiger partial charge is 0.297 e. The molecule has 11 heavy (non-hydrogen) atoms. The molecule has 0 aliphatic rings. The van der Waals surface area contributed by atoms with E-state index in [-0.39, 0.29) is 35.1 Å². The Morgan fingerprint density at radius 2 is 2.27 bits per heavy atom. The van der Waals surface area contributed by atoms with Crippen LogP contribution in [0.25, 0.3) is 5.65 Å². The van der Waals surface area contributed by atoms with Gasteiger partial charge in [0.1, 0.15) is 0 Å². The first-order chi connectivity index (χ1) is 4.88. The molecule has 2 aromatic heterocycles. The molecule has 51 valence electrons. The molecule has 0 aliphatic heterocycles. The second-order valence-corrected chi connectivity index (χ2v) is 1.94. The molecule has 2 rings (SSSR count). The summed E-state index contributed by atoms with van der Waals surface area (Å²) in [5.74, 6) is 0. The zero-order valence-electron chi connectivity index (χ0n) is 6.11. The van der Waals surface area contributed by atoms with Gasteiger partial charge in [-0.05, 0) is 0 Å². The zero-order valence-corrected chi connectivity index (χ0v) is 8.11. The number of hydrogen-bond donors (Lipinski definition) is 1. The number of fused-ring (bicyclic) bond motifs is 1. The summed E-state index contributed by atoms with van der Waals surface area (Å²) < 4.78 is 1.38. The van der Waals surface area contributed by atoms with Gasteiger partial charge >= 0.3 is 0 Å². The van der Waals surface area contributed by atoms with Crippen LogP contribution in [0.1, 0.15) is 0 Å². The maximum atomic E-state index is 10.9. The van der Waals surface area contributed by atoms with E-state index in [4.69, 9.17) is 0 Å². The molecule has 5 heteroatoms. The summed E-state index contributed by atoms with van der Waals surface area (Å²) in [6.45, 7) is 0. The summed E-state index contributed by atoms with van der Waals surface area (Å²) in [7, 11) is 0. The fourth-order valence-electron chi connectivity index (χ4n) is 0.856. The van der Waals surface area contributed by atoms with E-state index < -0.39 is 0 Å². The quantitative estimate of drug-likeness (QED) is 0.532. The van der Waals surface area contributed by atoms with Crippen LogP contribution in [0, 0.1) is 0 Å². The maximum Gasteiger partial charge on any atom is 0.272 e. The van der Waals surface area contributed by atoms with Gasteiger partial charge in [0, 0.05) is 54.1 Å². The molecule has 0 saturated heterocycles. The minimum atomic E-state index is -0.0880. The smallest absolute Gasteiger partial charge is 0.272 e. The minimum absolute atomic E-state index is 0. The van der Waals surface area contributed by atoms with Crippen molar-refractivity contribution in [2.24, 2.45) is 0 Å². The number of hydrogen-bond acceptors (Lipinski definition) is 2. The third-order valence-electron chi connectivity index (χ3n) is 1.31. The Morgan fingerprint density at radius 1 is 1.45 bits per heavy atom. The first kappa shape index (κ1) is 8.52. The number of aromatic nitrogens is 3. The van der Waals surface area contributed by atoms with Gasteiger partial charge in [-0.15, -0.1) is 0 Å². The molecule has 2 heterocycles. The van der Waals surface area contributed by atoms with Crippen LogP contribution in [-0.2, 0) is 0 Å². The van der Waals surface area contributed by atoms with Crippen LogP contribution in [0.5, 0.6) is 0 Å². The van der Waals surface area contributed by atoms with Crippen LogP contribution in [0.3, 0.4) is 0 Å². The third-order valence-corrected chi connectivity index (χ3v) is 1.31. The van der Waals surface area contributed by atoms with Crippen molar-refractivity contribution < 1.29 is 0 Å². The molecule has 4 nitrogen and oxygen atoms in total. The Morgan fingerprint density at radius 3 is 3.00 bits per heavy atom. The van der Waals surface area contributed by atoms with Crippen molar-refractivity contribution in [2.45, 2.75) is 0 Å². The fraction of sp³-hybridized carbons (Fsp3) is 0. The first-order valence-electron chi connectivity index (χ1n) is 2.89. The molecule has 1 N–H and O–H groups in total. The summed E-state index contributed by atoms with van der Waals surface area (Å²) in [5.41, 5.74) is 0.558. The predicted molar refractivity (Wildman–Crippen MR) is 41.6 cm³/mol. The van der Waals surface area contributed by atoms with Crippen molar-refractivity contribution in [3.8, 4) is 0 Å².